The Balaban J connectivity index is 1.39. The van der Waals surface area contributed by atoms with Gasteiger partial charge in [-0.15, -0.1) is 0 Å². The fourth-order valence-electron chi connectivity index (χ4n) is 6.82. The summed E-state index contributed by atoms with van der Waals surface area (Å²) in [6, 6.07) is 59.6. The van der Waals surface area contributed by atoms with Crippen molar-refractivity contribution in [3.63, 3.8) is 0 Å². The van der Waals surface area contributed by atoms with Gasteiger partial charge >= 0.3 is 252 Å². The molecular formula is C41H27N2PSe. The molecule has 0 bridgehead atoms. The van der Waals surface area contributed by atoms with Crippen molar-refractivity contribution in [2.75, 3.05) is 0 Å². The molecule has 2 nitrogen and oxygen atoms in total. The van der Waals surface area contributed by atoms with Crippen LogP contribution < -0.4 is 15.9 Å². The Hall–Kier alpha value is -4.78. The minimum absolute atomic E-state index is 0.994. The molecular weight excluding hydrogens is 630 g/mol. The first-order valence-corrected chi connectivity index (χ1v) is 19.2. The average molecular weight is 658 g/mol. The summed E-state index contributed by atoms with van der Waals surface area (Å²) in [4.78, 5) is 5.24. The van der Waals surface area contributed by atoms with Crippen molar-refractivity contribution in [3.8, 4) is 11.1 Å². The second kappa shape index (κ2) is 10.4. The van der Waals surface area contributed by atoms with E-state index in [1.807, 2.05) is 0 Å². The molecule has 212 valence electrons. The Morgan fingerprint density at radius 2 is 1.09 bits per heavy atom. The van der Waals surface area contributed by atoms with Crippen molar-refractivity contribution in [2.45, 2.75) is 0 Å². The number of aromatic nitrogens is 2. The van der Waals surface area contributed by atoms with Crippen LogP contribution in [0.25, 0.3) is 60.3 Å². The Morgan fingerprint density at radius 1 is 0.444 bits per heavy atom. The quantitative estimate of drug-likeness (QED) is 0.0800. The van der Waals surface area contributed by atoms with E-state index in [4.69, 9.17) is 4.98 Å². The van der Waals surface area contributed by atoms with Crippen molar-refractivity contribution in [3.05, 3.63) is 164 Å². The first-order chi connectivity index (χ1) is 22.2. The molecule has 0 atom stereocenters. The molecule has 0 amide bonds. The number of pyridine rings is 1. The molecule has 0 spiro atoms. The Labute approximate surface area is 268 Å². The monoisotopic (exact) mass is 658 g/mol. The van der Waals surface area contributed by atoms with Crippen molar-refractivity contribution in [2.24, 2.45) is 0 Å². The van der Waals surface area contributed by atoms with Gasteiger partial charge in [-0.3, -0.25) is 0 Å². The van der Waals surface area contributed by atoms with Crippen LogP contribution in [0.15, 0.2) is 164 Å². The standard InChI is InChI=1S/C41H27N2PSe/c45-44(32-14-6-2-7-15-32,33-16-8-3-9-17-33)34-22-23-35-36-26-31-24-29(28-12-4-1-5-13-28)20-21-30(31)25-37(36)41-42-38-18-10-11-19-39(38)43(41)40(35)27-34/h1-27H. The van der Waals surface area contributed by atoms with Gasteiger partial charge in [-0.05, 0) is 0 Å². The SMILES string of the molecule is [Se]=P(c1ccccc1)(c1ccccc1)c1ccc2c3cc4cc(-c5ccccc5)ccc4cc3c3nc4ccccc4n3c2c1. The first-order valence-electron chi connectivity index (χ1n) is 15.2. The van der Waals surface area contributed by atoms with Gasteiger partial charge in [-0.25, -0.2) is 0 Å². The Bertz CT molecular complexity index is 2570. The van der Waals surface area contributed by atoms with Crippen molar-refractivity contribution >= 4 is 85.6 Å². The molecule has 2 aromatic heterocycles. The van der Waals surface area contributed by atoms with Gasteiger partial charge in [0.15, 0.2) is 0 Å². The number of nitrogens with zero attached hydrogens (tertiary/aromatic N) is 2. The van der Waals surface area contributed by atoms with Crippen molar-refractivity contribution < 1.29 is 0 Å². The molecule has 9 aromatic rings. The van der Waals surface area contributed by atoms with Crippen LogP contribution >= 0.6 is 5.51 Å². The summed E-state index contributed by atoms with van der Waals surface area (Å²) in [6.45, 7) is 0. The van der Waals surface area contributed by atoms with Crippen molar-refractivity contribution in [1.82, 2.24) is 9.38 Å². The van der Waals surface area contributed by atoms with E-state index in [-0.39, 0.29) is 0 Å². The van der Waals surface area contributed by atoms with Gasteiger partial charge in [0.25, 0.3) is 0 Å². The maximum absolute atomic E-state index is 5.24. The van der Waals surface area contributed by atoms with E-state index in [9.17, 15) is 0 Å². The van der Waals surface area contributed by atoms with Gasteiger partial charge in [0.05, 0.1) is 0 Å². The summed E-state index contributed by atoms with van der Waals surface area (Å²) in [6.07, 6.45) is 0. The molecule has 0 aliphatic carbocycles. The van der Waals surface area contributed by atoms with E-state index >= 15 is 0 Å². The fraction of sp³-hybridized carbons (Fsp3) is 0. The Kier molecular flexibility index (Phi) is 6.15. The topological polar surface area (TPSA) is 17.3 Å². The summed E-state index contributed by atoms with van der Waals surface area (Å²) in [7, 11) is 0. The molecule has 7 aromatic carbocycles. The minimum atomic E-state index is -2.05. The van der Waals surface area contributed by atoms with Gasteiger partial charge in [-0.2, -0.15) is 0 Å². The van der Waals surface area contributed by atoms with Crippen LogP contribution in [0.3, 0.4) is 0 Å². The van der Waals surface area contributed by atoms with Gasteiger partial charge in [-0.1, -0.05) is 18.2 Å². The van der Waals surface area contributed by atoms with E-state index in [1.54, 1.807) is 0 Å². The average Bonchev–Trinajstić information content (AvgIpc) is 3.51. The fourth-order valence-corrected chi connectivity index (χ4v) is 11.7. The van der Waals surface area contributed by atoms with Crippen molar-refractivity contribution in [1.29, 1.82) is 0 Å². The number of imidazole rings is 1. The van der Waals surface area contributed by atoms with Gasteiger partial charge in [0.2, 0.25) is 0 Å². The predicted molar refractivity (Wildman–Crippen MR) is 195 cm³/mol. The summed E-state index contributed by atoms with van der Waals surface area (Å²) in [5.41, 5.74) is 4.70. The molecule has 0 radical (unpaired) electrons. The molecule has 0 saturated heterocycles. The molecule has 4 heteroatoms. The zero-order valence-corrected chi connectivity index (χ0v) is 26.9. The molecule has 9 rings (SSSR count). The number of rotatable bonds is 4. The van der Waals surface area contributed by atoms with E-state index in [1.165, 1.54) is 59.5 Å². The van der Waals surface area contributed by atoms with Crippen LogP contribution in [0.1, 0.15) is 0 Å². The summed E-state index contributed by atoms with van der Waals surface area (Å²) in [5.74, 6) is 0. The number of benzene rings is 7. The van der Waals surface area contributed by atoms with E-state index < -0.39 is 5.51 Å². The third-order valence-electron chi connectivity index (χ3n) is 9.00. The molecule has 0 aliphatic heterocycles. The molecule has 0 unspecified atom stereocenters. The molecule has 45 heavy (non-hydrogen) atoms. The zero-order chi connectivity index (χ0) is 30.0. The van der Waals surface area contributed by atoms with Crippen LogP contribution in [0.2, 0.25) is 0 Å². The molecule has 0 aliphatic rings. The van der Waals surface area contributed by atoms with Crippen LogP contribution in [-0.2, 0) is 0 Å². The van der Waals surface area contributed by atoms with Crippen LogP contribution in [0.5, 0.6) is 0 Å². The number of hydrogen-bond donors (Lipinski definition) is 0. The predicted octanol–water partition coefficient (Wildman–Crippen LogP) is 8.99. The number of fused-ring (bicyclic) bond motifs is 9. The molecule has 0 saturated carbocycles. The molecule has 0 N–H and O–H groups in total. The number of hydrogen-bond acceptors (Lipinski definition) is 1. The summed E-state index contributed by atoms with van der Waals surface area (Å²) < 4.78 is 2.38. The molecule has 2 heterocycles. The van der Waals surface area contributed by atoms with Gasteiger partial charge < -0.3 is 0 Å². The van der Waals surface area contributed by atoms with Crippen LogP contribution in [0, 0.1) is 0 Å². The maximum atomic E-state index is 5.24. The normalized spacial score (nSPS) is 12.1. The molecule has 0 fully saturated rings. The van der Waals surface area contributed by atoms with E-state index in [0.717, 1.165) is 16.7 Å². The van der Waals surface area contributed by atoms with E-state index in [0.29, 0.717) is 0 Å². The third-order valence-corrected chi connectivity index (χ3v) is 16.0. The van der Waals surface area contributed by atoms with Crippen LogP contribution in [-0.4, -0.2) is 24.5 Å². The summed E-state index contributed by atoms with van der Waals surface area (Å²) in [5, 5.41) is 10.0. The van der Waals surface area contributed by atoms with Crippen LogP contribution in [0.4, 0.5) is 0 Å². The van der Waals surface area contributed by atoms with Gasteiger partial charge in [0, 0.05) is 0 Å². The first kappa shape index (κ1) is 26.6. The number of para-hydroxylation sites is 2. The second-order valence-corrected chi connectivity index (χ2v) is 17.8. The Morgan fingerprint density at radius 3 is 1.82 bits per heavy atom. The third kappa shape index (κ3) is 4.16. The summed E-state index contributed by atoms with van der Waals surface area (Å²) >= 11 is 3.75. The zero-order valence-electron chi connectivity index (χ0n) is 24.3. The van der Waals surface area contributed by atoms with E-state index in [2.05, 4.69) is 183 Å². The second-order valence-electron chi connectivity index (χ2n) is 11.6. The van der Waals surface area contributed by atoms with Gasteiger partial charge in [0.1, 0.15) is 0 Å².